The number of aliphatic hydroxyl groups excluding tert-OH is 1. The van der Waals surface area contributed by atoms with Gasteiger partial charge in [-0.15, -0.1) is 0 Å². The van der Waals surface area contributed by atoms with E-state index in [2.05, 4.69) is 76.0 Å². The smallest absolute Gasteiger partial charge is 0 e. The van der Waals surface area contributed by atoms with Crippen LogP contribution in [0.2, 0.25) is 0 Å². The molecule has 0 aliphatic heterocycles. The molecular weight excluding hydrogens is 678 g/mol. The second-order valence-corrected chi connectivity index (χ2v) is 11.9. The second kappa shape index (κ2) is 12.1. The van der Waals surface area contributed by atoms with Gasteiger partial charge in [0.2, 0.25) is 0 Å². The van der Waals surface area contributed by atoms with E-state index >= 15 is 0 Å². The molecule has 0 unspecified atom stereocenters. The van der Waals surface area contributed by atoms with Crippen LogP contribution < -0.4 is 0 Å². The molecule has 2 aromatic heterocycles. The van der Waals surface area contributed by atoms with Crippen molar-refractivity contribution in [2.45, 2.75) is 53.9 Å². The maximum Gasteiger partial charge on any atom is 0 e. The largest absolute Gasteiger partial charge is 0 e. The van der Waals surface area contributed by atoms with Crippen molar-refractivity contribution in [3.63, 3.8) is 0 Å². The number of allylic oxidation sites excluding steroid dienone is 2. The van der Waals surface area contributed by atoms with Crippen molar-refractivity contribution in [2.24, 2.45) is 0 Å². The first-order valence-corrected chi connectivity index (χ1v) is 13.0. The molecule has 0 aliphatic carbocycles. The fourth-order valence-corrected chi connectivity index (χ4v) is 6.45. The van der Waals surface area contributed by atoms with E-state index in [1.807, 2.05) is 24.4 Å². The van der Waals surface area contributed by atoms with E-state index < -0.39 is 0 Å². The standard InChI is InChI=1S/C25H24NSe.C5H8O2.Ir/c1-16-11-20(25(3,4)5)12-17(2)24(16)23-13-19-15-26-21(14-22(19)27-23)18-9-7-6-8-10-18;1-4(6)3-5(2)7;/h6-9,11-15H,1-5H3;3,6H,1-2H3;/q-1;;/b;4-3-;. The summed E-state index contributed by atoms with van der Waals surface area (Å²) in [4.78, 5) is 14.7. The second-order valence-electron chi connectivity index (χ2n) is 9.63. The number of carbonyl (C=O) groups is 1. The van der Waals surface area contributed by atoms with E-state index in [-0.39, 0.29) is 37.1 Å². The minimum Gasteiger partial charge on any atom is 0 e. The predicted octanol–water partition coefficient (Wildman–Crippen LogP) is 7.38. The Hall–Kier alpha value is -2.29. The molecule has 3 nitrogen and oxygen atoms in total. The first-order valence-electron chi connectivity index (χ1n) is 11.3. The third-order valence-electron chi connectivity index (χ3n) is 5.44. The summed E-state index contributed by atoms with van der Waals surface area (Å²) in [6.07, 6.45) is 3.19. The summed E-state index contributed by atoms with van der Waals surface area (Å²) in [5.41, 5.74) is 7.85. The van der Waals surface area contributed by atoms with Gasteiger partial charge >= 0.3 is 168 Å². The molecule has 0 saturated carbocycles. The molecule has 35 heavy (non-hydrogen) atoms. The first kappa shape index (κ1) is 28.9. The quantitative estimate of drug-likeness (QED) is 0.105. The average Bonchev–Trinajstić information content (AvgIpc) is 3.15. The van der Waals surface area contributed by atoms with Crippen LogP contribution >= 0.6 is 0 Å². The Balaban J connectivity index is 0.000000476. The number of carbonyl (C=O) groups excluding carboxylic acids is 1. The Morgan fingerprint density at radius 3 is 2.20 bits per heavy atom. The van der Waals surface area contributed by atoms with Gasteiger partial charge in [-0.2, -0.15) is 0 Å². The van der Waals surface area contributed by atoms with Crippen LogP contribution in [0.15, 0.2) is 66.6 Å². The van der Waals surface area contributed by atoms with Gasteiger partial charge in [0.25, 0.3) is 0 Å². The van der Waals surface area contributed by atoms with Gasteiger partial charge in [0.1, 0.15) is 0 Å². The Bertz CT molecular complexity index is 1320. The van der Waals surface area contributed by atoms with Crippen LogP contribution in [-0.4, -0.2) is 30.4 Å². The van der Waals surface area contributed by atoms with E-state index in [1.54, 1.807) is 0 Å². The number of aliphatic hydroxyl groups is 1. The average molecular weight is 710 g/mol. The van der Waals surface area contributed by atoms with Crippen molar-refractivity contribution >= 4 is 29.9 Å². The number of aryl methyl sites for hydroxylation is 2. The molecule has 0 atom stereocenters. The van der Waals surface area contributed by atoms with E-state index in [1.165, 1.54) is 56.3 Å². The molecule has 0 bridgehead atoms. The number of pyridine rings is 1. The van der Waals surface area contributed by atoms with Crippen molar-refractivity contribution < 1.29 is 30.0 Å². The van der Waals surface area contributed by atoms with Crippen LogP contribution in [0.4, 0.5) is 0 Å². The molecule has 5 heteroatoms. The van der Waals surface area contributed by atoms with Crippen LogP contribution in [0.3, 0.4) is 0 Å². The molecule has 0 spiro atoms. The third kappa shape index (κ3) is 7.59. The number of ketones is 1. The molecule has 4 aromatic rings. The summed E-state index contributed by atoms with van der Waals surface area (Å²) in [5.74, 6) is -0.0625. The summed E-state index contributed by atoms with van der Waals surface area (Å²) in [6, 6.07) is 20.7. The topological polar surface area (TPSA) is 50.2 Å². The zero-order valence-electron chi connectivity index (χ0n) is 21.3. The Morgan fingerprint density at radius 1 is 1.06 bits per heavy atom. The van der Waals surface area contributed by atoms with E-state index in [9.17, 15) is 4.79 Å². The minimum absolute atomic E-state index is 0. The van der Waals surface area contributed by atoms with Gasteiger partial charge in [0, 0.05) is 26.2 Å². The molecule has 2 heterocycles. The van der Waals surface area contributed by atoms with Crippen molar-refractivity contribution in [3.05, 3.63) is 89.3 Å². The molecule has 185 valence electrons. The summed E-state index contributed by atoms with van der Waals surface area (Å²) in [7, 11) is 0. The molecular formula is C30H32IrNO2Se-. The van der Waals surface area contributed by atoms with Crippen LogP contribution in [0.1, 0.15) is 51.3 Å². The molecule has 1 N–H and O–H groups in total. The Morgan fingerprint density at radius 2 is 1.71 bits per heavy atom. The van der Waals surface area contributed by atoms with E-state index in [0.717, 1.165) is 11.3 Å². The first-order chi connectivity index (χ1) is 16.0. The Labute approximate surface area is 228 Å². The van der Waals surface area contributed by atoms with Crippen LogP contribution in [0.25, 0.3) is 30.9 Å². The number of aromatic nitrogens is 1. The Kier molecular flexibility index (Phi) is 10.0. The summed E-state index contributed by atoms with van der Waals surface area (Å²) < 4.78 is 2.88. The zero-order valence-corrected chi connectivity index (χ0v) is 25.4. The fraction of sp³-hybridized carbons (Fsp3) is 0.267. The number of hydrogen-bond acceptors (Lipinski definition) is 3. The van der Waals surface area contributed by atoms with Crippen molar-refractivity contribution in [1.82, 2.24) is 4.98 Å². The molecule has 0 amide bonds. The molecule has 0 saturated heterocycles. The number of benzene rings is 2. The zero-order chi connectivity index (χ0) is 25.0. The van der Waals surface area contributed by atoms with Crippen molar-refractivity contribution in [2.75, 3.05) is 0 Å². The molecule has 2 aromatic carbocycles. The summed E-state index contributed by atoms with van der Waals surface area (Å²) in [5, 5.41) is 9.63. The van der Waals surface area contributed by atoms with Gasteiger partial charge in [-0.1, -0.05) is 0 Å². The van der Waals surface area contributed by atoms with Gasteiger partial charge < -0.3 is 5.11 Å². The predicted molar refractivity (Wildman–Crippen MR) is 144 cm³/mol. The molecule has 4 rings (SSSR count). The number of rotatable bonds is 3. The van der Waals surface area contributed by atoms with Gasteiger partial charge in [-0.05, 0) is 13.8 Å². The van der Waals surface area contributed by atoms with Crippen molar-refractivity contribution in [1.29, 1.82) is 0 Å². The van der Waals surface area contributed by atoms with Gasteiger partial charge in [0.05, 0.1) is 5.76 Å². The normalized spacial score (nSPS) is 11.5. The molecule has 1 radical (unpaired) electrons. The SMILES string of the molecule is CC(=O)/C=C(/C)O.Cc1cc(C(C)(C)C)cc(C)c1-c1cc2cnc(-c3[c-]cccc3)cc2[se]1.[Ir]. The fourth-order valence-electron chi connectivity index (χ4n) is 3.84. The number of nitrogens with zero attached hydrogens (tertiary/aromatic N) is 1. The summed E-state index contributed by atoms with van der Waals surface area (Å²) >= 11 is 0.306. The third-order valence-corrected chi connectivity index (χ3v) is 7.78. The van der Waals surface area contributed by atoms with Crippen LogP contribution in [0.5, 0.6) is 0 Å². The monoisotopic (exact) mass is 711 g/mol. The maximum atomic E-state index is 10.0. The minimum atomic E-state index is -0.125. The molecule has 0 aliphatic rings. The van der Waals surface area contributed by atoms with Crippen LogP contribution in [-0.2, 0) is 30.3 Å². The van der Waals surface area contributed by atoms with Gasteiger partial charge in [-0.25, -0.2) is 0 Å². The van der Waals surface area contributed by atoms with Crippen molar-refractivity contribution in [3.8, 4) is 21.3 Å². The number of hydrogen-bond donors (Lipinski definition) is 1. The summed E-state index contributed by atoms with van der Waals surface area (Å²) in [6.45, 7) is 14.2. The maximum absolute atomic E-state index is 10.0. The van der Waals surface area contributed by atoms with Crippen LogP contribution in [0, 0.1) is 19.9 Å². The van der Waals surface area contributed by atoms with Gasteiger partial charge in [-0.3, -0.25) is 4.79 Å². The van der Waals surface area contributed by atoms with Gasteiger partial charge in [0.15, 0.2) is 5.78 Å². The van der Waals surface area contributed by atoms with E-state index in [4.69, 9.17) is 5.11 Å². The number of fused-ring (bicyclic) bond motifs is 1. The molecule has 0 fully saturated rings. The van der Waals surface area contributed by atoms with E-state index in [0.29, 0.717) is 14.5 Å².